The molecule has 3 aromatic heterocycles. The number of amides is 1. The van der Waals surface area contributed by atoms with Crippen LogP contribution in [0.5, 0.6) is 0 Å². The van der Waals surface area contributed by atoms with Crippen LogP contribution in [0.15, 0.2) is 12.4 Å². The Kier molecular flexibility index (Phi) is 7.15. The van der Waals surface area contributed by atoms with E-state index in [0.717, 1.165) is 17.5 Å². The van der Waals surface area contributed by atoms with E-state index in [9.17, 15) is 14.4 Å². The fourth-order valence-corrected chi connectivity index (χ4v) is 6.59. The lowest BCUT2D eigenvalue weighted by Gasteiger charge is -2.21. The van der Waals surface area contributed by atoms with Crippen LogP contribution in [-0.4, -0.2) is 70.9 Å². The van der Waals surface area contributed by atoms with Gasteiger partial charge in [-0.2, -0.15) is 5.26 Å². The summed E-state index contributed by atoms with van der Waals surface area (Å²) in [6.07, 6.45) is 0.508. The molecule has 2 atom stereocenters. The first-order chi connectivity index (χ1) is 20.4. The van der Waals surface area contributed by atoms with Crippen LogP contribution in [0.2, 0.25) is 0 Å². The first-order valence-corrected chi connectivity index (χ1v) is 14.3. The highest BCUT2D eigenvalue weighted by Crippen LogP contribution is 2.46. The van der Waals surface area contributed by atoms with E-state index in [-0.39, 0.29) is 69.2 Å². The van der Waals surface area contributed by atoms with Crippen LogP contribution in [0.4, 0.5) is 28.9 Å². The van der Waals surface area contributed by atoms with Crippen LogP contribution in [-0.2, 0) is 22.7 Å². The number of rotatable bonds is 4. The number of hydrogen-bond donors (Lipinski definition) is 1. The summed E-state index contributed by atoms with van der Waals surface area (Å²) in [6, 6.07) is 1.66. The molecule has 2 aliphatic rings. The summed E-state index contributed by atoms with van der Waals surface area (Å²) in [5.41, 5.74) is 0.251. The average molecular weight is 612 g/mol. The lowest BCUT2D eigenvalue weighted by atomic mass is 9.94. The summed E-state index contributed by atoms with van der Waals surface area (Å²) in [4.78, 5) is 29.2. The molecule has 0 unspecified atom stereocenters. The molecule has 1 amide bonds. The van der Waals surface area contributed by atoms with Gasteiger partial charge in [-0.3, -0.25) is 10.3 Å². The second kappa shape index (κ2) is 10.6. The van der Waals surface area contributed by atoms with Crippen molar-refractivity contribution in [2.75, 3.05) is 37.4 Å². The van der Waals surface area contributed by atoms with Crippen LogP contribution in [0.25, 0.3) is 32.2 Å². The minimum atomic E-state index is -1.13. The smallest absolute Gasteiger partial charge is 0.412 e. The third-order valence-corrected chi connectivity index (χ3v) is 8.60. The molecule has 5 heterocycles. The summed E-state index contributed by atoms with van der Waals surface area (Å²) >= 11 is 0.828. The van der Waals surface area contributed by atoms with E-state index < -0.39 is 29.5 Å². The summed E-state index contributed by atoms with van der Waals surface area (Å²) in [5, 5.41) is 13.2. The minimum absolute atomic E-state index is 0.0143. The van der Waals surface area contributed by atoms with Gasteiger partial charge < -0.3 is 19.3 Å². The van der Waals surface area contributed by atoms with Gasteiger partial charge in [0.25, 0.3) is 0 Å². The number of nitrogens with one attached hydrogen (secondary N) is 1. The molecular formula is C29H28F3N7O3S. The molecule has 43 heavy (non-hydrogen) atoms. The fourth-order valence-electron chi connectivity index (χ4n) is 5.55. The highest BCUT2D eigenvalue weighted by molar-refractivity contribution is 7.23. The number of pyridine rings is 1. The Morgan fingerprint density at radius 2 is 1.95 bits per heavy atom. The molecule has 224 valence electrons. The third-order valence-electron chi connectivity index (χ3n) is 7.49. The van der Waals surface area contributed by atoms with Gasteiger partial charge in [0.15, 0.2) is 11.6 Å². The van der Waals surface area contributed by atoms with Crippen LogP contribution >= 0.6 is 11.3 Å². The Hall–Kier alpha value is -4.06. The zero-order valence-electron chi connectivity index (χ0n) is 24.1. The number of nitrogens with zero attached hydrogens (tertiary/aromatic N) is 6. The van der Waals surface area contributed by atoms with Crippen molar-refractivity contribution in [3.05, 3.63) is 40.7 Å². The third kappa shape index (κ3) is 5.01. The van der Waals surface area contributed by atoms with Gasteiger partial charge in [0.2, 0.25) is 5.95 Å². The van der Waals surface area contributed by atoms with Crippen LogP contribution in [0.1, 0.15) is 37.5 Å². The summed E-state index contributed by atoms with van der Waals surface area (Å²) in [6.45, 7) is 5.65. The minimum Gasteiger partial charge on any atom is -0.444 e. The van der Waals surface area contributed by atoms with Gasteiger partial charge in [-0.05, 0) is 46.0 Å². The molecule has 0 spiro atoms. The number of carbonyl (C=O) groups is 1. The quantitative estimate of drug-likeness (QED) is 0.318. The van der Waals surface area contributed by atoms with E-state index in [1.165, 1.54) is 6.20 Å². The molecule has 2 aliphatic heterocycles. The standard InChI is InChI=1S/C29H28F3N7O3S/c1-29(2,3)42-28(40)37-26-13(6-33)21-24(34-8-17(30)25(21)43-26)20-16-12-41-11-15(16)14-7-35-27(36-23(14)22(20)32)39-9-18(31)19(10-39)38(4)5/h7-8,18-19H,9-12H2,1-5H3,(H,37,40)/t18-,19-/m1/s1. The molecule has 10 nitrogen and oxygen atoms in total. The number of thiophene rings is 1. The average Bonchev–Trinajstić information content (AvgIpc) is 3.66. The van der Waals surface area contributed by atoms with Crippen molar-refractivity contribution in [2.24, 2.45) is 0 Å². The number of likely N-dealkylation sites (N-methyl/N-ethyl adjacent to an activating group) is 1. The van der Waals surface area contributed by atoms with Gasteiger partial charge in [0, 0.05) is 29.1 Å². The second-order valence-corrected chi connectivity index (χ2v) is 12.7. The Labute approximate surface area is 249 Å². The first-order valence-electron chi connectivity index (χ1n) is 13.5. The second-order valence-electron chi connectivity index (χ2n) is 11.7. The number of carbonyl (C=O) groups excluding carboxylic acids is 1. The van der Waals surface area contributed by atoms with Gasteiger partial charge >= 0.3 is 6.09 Å². The molecule has 0 aliphatic carbocycles. The zero-order chi connectivity index (χ0) is 30.8. The van der Waals surface area contributed by atoms with E-state index >= 15 is 8.78 Å². The number of aromatic nitrogens is 3. The molecule has 1 fully saturated rings. The van der Waals surface area contributed by atoms with Crippen molar-refractivity contribution in [3.8, 4) is 17.3 Å². The maximum atomic E-state index is 16.7. The lowest BCUT2D eigenvalue weighted by molar-refractivity contribution is 0.0636. The lowest BCUT2D eigenvalue weighted by Crippen LogP contribution is -2.36. The predicted octanol–water partition coefficient (Wildman–Crippen LogP) is 5.52. The van der Waals surface area contributed by atoms with Crippen molar-refractivity contribution in [3.63, 3.8) is 0 Å². The summed E-state index contributed by atoms with van der Waals surface area (Å²) in [7, 11) is 3.59. The molecule has 1 aromatic carbocycles. The molecule has 0 saturated carbocycles. The number of fused-ring (bicyclic) bond motifs is 4. The number of benzene rings is 1. The van der Waals surface area contributed by atoms with Crippen molar-refractivity contribution in [1.29, 1.82) is 5.26 Å². The highest BCUT2D eigenvalue weighted by Gasteiger charge is 2.36. The zero-order valence-corrected chi connectivity index (χ0v) is 24.9. The van der Waals surface area contributed by atoms with Crippen molar-refractivity contribution >= 4 is 49.4 Å². The normalized spacial score (nSPS) is 18.5. The first kappa shape index (κ1) is 29.0. The van der Waals surface area contributed by atoms with Crippen LogP contribution in [0, 0.1) is 23.0 Å². The van der Waals surface area contributed by atoms with Gasteiger partial charge in [-0.15, -0.1) is 11.3 Å². The topological polar surface area (TPSA) is 116 Å². The molecule has 6 rings (SSSR count). The maximum Gasteiger partial charge on any atom is 0.412 e. The van der Waals surface area contributed by atoms with E-state index in [1.54, 1.807) is 44.7 Å². The molecule has 4 aromatic rings. The van der Waals surface area contributed by atoms with E-state index in [4.69, 9.17) is 9.47 Å². The van der Waals surface area contributed by atoms with E-state index in [1.807, 2.05) is 6.07 Å². The number of halogens is 3. The van der Waals surface area contributed by atoms with Crippen molar-refractivity contribution in [1.82, 2.24) is 19.9 Å². The summed E-state index contributed by atoms with van der Waals surface area (Å²) < 4.78 is 57.5. The summed E-state index contributed by atoms with van der Waals surface area (Å²) in [5.74, 6) is -1.31. The van der Waals surface area contributed by atoms with Crippen LogP contribution < -0.4 is 10.2 Å². The Balaban J connectivity index is 1.53. The number of alkyl halides is 1. The Bertz CT molecular complexity index is 1830. The van der Waals surface area contributed by atoms with Crippen molar-refractivity contribution in [2.45, 2.75) is 51.8 Å². The number of anilines is 2. The Morgan fingerprint density at radius 1 is 1.21 bits per heavy atom. The monoisotopic (exact) mass is 611 g/mol. The van der Waals surface area contributed by atoms with Gasteiger partial charge in [0.05, 0.1) is 48.0 Å². The van der Waals surface area contributed by atoms with Crippen LogP contribution in [0.3, 0.4) is 0 Å². The molecule has 14 heteroatoms. The van der Waals surface area contributed by atoms with Gasteiger partial charge in [-0.1, -0.05) is 0 Å². The molecular weight excluding hydrogens is 583 g/mol. The van der Waals surface area contributed by atoms with E-state index in [0.29, 0.717) is 23.1 Å². The Morgan fingerprint density at radius 3 is 2.63 bits per heavy atom. The highest BCUT2D eigenvalue weighted by atomic mass is 32.1. The molecule has 0 radical (unpaired) electrons. The van der Waals surface area contributed by atoms with Gasteiger partial charge in [-0.25, -0.2) is 27.9 Å². The maximum absolute atomic E-state index is 16.7. The number of nitriles is 1. The van der Waals surface area contributed by atoms with Crippen molar-refractivity contribution < 1.29 is 27.4 Å². The largest absolute Gasteiger partial charge is 0.444 e. The van der Waals surface area contributed by atoms with Gasteiger partial charge in [0.1, 0.15) is 28.4 Å². The molecule has 1 N–H and O–H groups in total. The molecule has 0 bridgehead atoms. The predicted molar refractivity (Wildman–Crippen MR) is 156 cm³/mol. The molecule has 1 saturated heterocycles. The number of ether oxygens (including phenoxy) is 2. The SMILES string of the molecule is CN(C)[C@@H]1CN(c2ncc3c4c(c(-c5ncc(F)c6sc(NC(=O)OC(C)(C)C)c(C#N)c56)c(F)c3n2)COC4)C[C@H]1F. The number of hydrogen-bond acceptors (Lipinski definition) is 10. The van der Waals surface area contributed by atoms with E-state index in [2.05, 4.69) is 20.3 Å². The fraction of sp³-hybridized carbons (Fsp3) is 0.414.